The van der Waals surface area contributed by atoms with Crippen LogP contribution in [0.2, 0.25) is 0 Å². The van der Waals surface area contributed by atoms with Gasteiger partial charge in [-0.25, -0.2) is 9.78 Å². The first-order chi connectivity index (χ1) is 5.68. The number of nitrogen functional groups attached to an aromatic ring is 1. The number of aromatic amines is 1. The van der Waals surface area contributed by atoms with Crippen LogP contribution in [0.3, 0.4) is 0 Å². The molecule has 2 aromatic heterocycles. The van der Waals surface area contributed by atoms with Gasteiger partial charge in [0, 0.05) is 7.05 Å². The SMILES string of the molecule is Cn1cnc2nc(=O)[nH]c(N)c21. The maximum absolute atomic E-state index is 10.8. The highest BCUT2D eigenvalue weighted by Crippen LogP contribution is 2.11. The van der Waals surface area contributed by atoms with Crippen LogP contribution in [0, 0.1) is 0 Å². The minimum Gasteiger partial charge on any atom is -0.383 e. The Morgan fingerprint density at radius 3 is 3.17 bits per heavy atom. The lowest BCUT2D eigenvalue weighted by Crippen LogP contribution is -2.13. The lowest BCUT2D eigenvalue weighted by Gasteiger charge is -1.96. The summed E-state index contributed by atoms with van der Waals surface area (Å²) in [5.74, 6) is 0.296. The Balaban J connectivity index is 3.02. The Morgan fingerprint density at radius 1 is 1.67 bits per heavy atom. The predicted octanol–water partition coefficient (Wildman–Crippen LogP) is -0.761. The molecule has 0 aliphatic rings. The third-order valence-electron chi connectivity index (χ3n) is 1.62. The third kappa shape index (κ3) is 0.777. The van der Waals surface area contributed by atoms with E-state index in [9.17, 15) is 4.79 Å². The molecular weight excluding hydrogens is 158 g/mol. The van der Waals surface area contributed by atoms with E-state index in [0.29, 0.717) is 17.0 Å². The van der Waals surface area contributed by atoms with E-state index in [1.165, 1.54) is 0 Å². The summed E-state index contributed by atoms with van der Waals surface area (Å²) in [6, 6.07) is 0. The number of rotatable bonds is 0. The van der Waals surface area contributed by atoms with Crippen LogP contribution in [0.25, 0.3) is 11.2 Å². The lowest BCUT2D eigenvalue weighted by atomic mass is 10.5. The van der Waals surface area contributed by atoms with Gasteiger partial charge in [0.1, 0.15) is 11.3 Å². The number of nitrogens with one attached hydrogen (secondary N) is 1. The standard InChI is InChI=1S/C6H7N5O/c1-11-2-8-5-3(11)4(7)9-6(12)10-5/h2H,1H3,(H3,7,9,10,12). The molecule has 0 atom stereocenters. The maximum Gasteiger partial charge on any atom is 0.348 e. The van der Waals surface area contributed by atoms with Crippen LogP contribution in [0.15, 0.2) is 11.1 Å². The van der Waals surface area contributed by atoms with Gasteiger partial charge in [0.25, 0.3) is 0 Å². The van der Waals surface area contributed by atoms with Crippen molar-refractivity contribution in [2.75, 3.05) is 5.73 Å². The molecule has 0 aliphatic heterocycles. The van der Waals surface area contributed by atoms with Gasteiger partial charge in [-0.3, -0.25) is 4.98 Å². The summed E-state index contributed by atoms with van der Waals surface area (Å²) in [5.41, 5.74) is 6.09. The fourth-order valence-corrected chi connectivity index (χ4v) is 1.11. The zero-order valence-electron chi connectivity index (χ0n) is 6.40. The van der Waals surface area contributed by atoms with Crippen molar-refractivity contribution in [3.8, 4) is 0 Å². The van der Waals surface area contributed by atoms with E-state index in [4.69, 9.17) is 5.73 Å². The Kier molecular flexibility index (Phi) is 1.18. The largest absolute Gasteiger partial charge is 0.383 e. The quantitative estimate of drug-likeness (QED) is 0.536. The second-order valence-corrected chi connectivity index (χ2v) is 2.48. The Morgan fingerprint density at radius 2 is 2.42 bits per heavy atom. The van der Waals surface area contributed by atoms with Crippen molar-refractivity contribution >= 4 is 17.0 Å². The molecule has 0 unspecified atom stereocenters. The van der Waals surface area contributed by atoms with E-state index >= 15 is 0 Å². The molecule has 6 nitrogen and oxygen atoms in total. The first-order valence-electron chi connectivity index (χ1n) is 3.35. The zero-order valence-corrected chi connectivity index (χ0v) is 6.40. The lowest BCUT2D eigenvalue weighted by molar-refractivity contribution is 0.945. The van der Waals surface area contributed by atoms with Gasteiger partial charge >= 0.3 is 5.69 Å². The monoisotopic (exact) mass is 165 g/mol. The molecule has 0 aliphatic carbocycles. The smallest absolute Gasteiger partial charge is 0.348 e. The van der Waals surface area contributed by atoms with Gasteiger partial charge in [0.05, 0.1) is 6.33 Å². The summed E-state index contributed by atoms with van der Waals surface area (Å²) >= 11 is 0. The Bertz CT molecular complexity index is 482. The molecule has 0 spiro atoms. The summed E-state index contributed by atoms with van der Waals surface area (Å²) in [6.07, 6.45) is 1.56. The summed E-state index contributed by atoms with van der Waals surface area (Å²) < 4.78 is 1.70. The molecule has 6 heteroatoms. The highest BCUT2D eigenvalue weighted by molar-refractivity contribution is 5.81. The molecular formula is C6H7N5O. The molecule has 12 heavy (non-hydrogen) atoms. The summed E-state index contributed by atoms with van der Waals surface area (Å²) in [7, 11) is 1.78. The zero-order chi connectivity index (χ0) is 8.72. The number of hydrogen-bond acceptors (Lipinski definition) is 4. The van der Waals surface area contributed by atoms with Crippen LogP contribution < -0.4 is 11.4 Å². The van der Waals surface area contributed by atoms with E-state index in [1.54, 1.807) is 17.9 Å². The van der Waals surface area contributed by atoms with E-state index < -0.39 is 5.69 Å². The van der Waals surface area contributed by atoms with Gasteiger partial charge < -0.3 is 10.3 Å². The normalized spacial score (nSPS) is 10.8. The average Bonchev–Trinajstić information content (AvgIpc) is 2.31. The van der Waals surface area contributed by atoms with Crippen molar-refractivity contribution in [2.45, 2.75) is 0 Å². The second-order valence-electron chi connectivity index (χ2n) is 2.48. The van der Waals surface area contributed by atoms with Crippen molar-refractivity contribution in [1.29, 1.82) is 0 Å². The van der Waals surface area contributed by atoms with Crippen molar-refractivity contribution in [2.24, 2.45) is 7.05 Å². The molecule has 0 saturated heterocycles. The summed E-state index contributed by atoms with van der Waals surface area (Å²) in [4.78, 5) is 20.7. The average molecular weight is 165 g/mol. The van der Waals surface area contributed by atoms with E-state index in [0.717, 1.165) is 0 Å². The summed E-state index contributed by atoms with van der Waals surface area (Å²) in [6.45, 7) is 0. The molecule has 3 N–H and O–H groups in total. The number of aromatic nitrogens is 4. The van der Waals surface area contributed by atoms with Gasteiger partial charge in [0.2, 0.25) is 0 Å². The van der Waals surface area contributed by atoms with Crippen molar-refractivity contribution < 1.29 is 0 Å². The number of imidazole rings is 1. The van der Waals surface area contributed by atoms with Crippen LogP contribution in [0.5, 0.6) is 0 Å². The highest BCUT2D eigenvalue weighted by atomic mass is 16.1. The number of H-pyrrole nitrogens is 1. The minimum absolute atomic E-state index is 0.296. The molecule has 0 saturated carbocycles. The molecule has 2 heterocycles. The highest BCUT2D eigenvalue weighted by Gasteiger charge is 2.05. The fraction of sp³-hybridized carbons (Fsp3) is 0.167. The van der Waals surface area contributed by atoms with E-state index in [1.807, 2.05) is 0 Å². The molecule has 0 radical (unpaired) electrons. The van der Waals surface area contributed by atoms with Crippen LogP contribution in [0.1, 0.15) is 0 Å². The first kappa shape index (κ1) is 6.84. The second kappa shape index (κ2) is 2.07. The van der Waals surface area contributed by atoms with Crippen molar-refractivity contribution in [1.82, 2.24) is 19.5 Å². The Hall–Kier alpha value is -1.85. The minimum atomic E-state index is -0.473. The first-order valence-corrected chi connectivity index (χ1v) is 3.35. The number of nitrogens with two attached hydrogens (primary N) is 1. The number of hydrogen-bond donors (Lipinski definition) is 2. The van der Waals surface area contributed by atoms with Crippen LogP contribution in [0.4, 0.5) is 5.82 Å². The van der Waals surface area contributed by atoms with Crippen LogP contribution in [-0.4, -0.2) is 19.5 Å². The third-order valence-corrected chi connectivity index (χ3v) is 1.62. The number of anilines is 1. The van der Waals surface area contributed by atoms with Gasteiger partial charge in [0.15, 0.2) is 5.65 Å². The maximum atomic E-state index is 10.8. The van der Waals surface area contributed by atoms with E-state index in [2.05, 4.69) is 15.0 Å². The van der Waals surface area contributed by atoms with Gasteiger partial charge in [-0.2, -0.15) is 4.98 Å². The van der Waals surface area contributed by atoms with Crippen molar-refractivity contribution in [3.63, 3.8) is 0 Å². The fourth-order valence-electron chi connectivity index (χ4n) is 1.11. The Labute approximate surface area is 67.1 Å². The van der Waals surface area contributed by atoms with Gasteiger partial charge in [-0.15, -0.1) is 0 Å². The molecule has 0 fully saturated rings. The molecule has 0 amide bonds. The molecule has 0 bridgehead atoms. The molecule has 2 rings (SSSR count). The van der Waals surface area contributed by atoms with Crippen LogP contribution in [-0.2, 0) is 7.05 Å². The van der Waals surface area contributed by atoms with E-state index in [-0.39, 0.29) is 0 Å². The number of aryl methyl sites for hydroxylation is 1. The van der Waals surface area contributed by atoms with Gasteiger partial charge in [-0.05, 0) is 0 Å². The molecule has 62 valence electrons. The van der Waals surface area contributed by atoms with Crippen LogP contribution >= 0.6 is 0 Å². The molecule has 2 aromatic rings. The number of nitrogens with zero attached hydrogens (tertiary/aromatic N) is 3. The topological polar surface area (TPSA) is 89.6 Å². The number of fused-ring (bicyclic) bond motifs is 1. The van der Waals surface area contributed by atoms with Gasteiger partial charge in [-0.1, -0.05) is 0 Å². The summed E-state index contributed by atoms with van der Waals surface area (Å²) in [5, 5.41) is 0. The molecule has 0 aromatic carbocycles. The van der Waals surface area contributed by atoms with Crippen molar-refractivity contribution in [3.05, 3.63) is 16.8 Å². The predicted molar refractivity (Wildman–Crippen MR) is 43.5 cm³/mol.